The van der Waals surface area contributed by atoms with E-state index in [1.165, 1.54) is 18.4 Å². The zero-order valence-corrected chi connectivity index (χ0v) is 15.5. The predicted octanol–water partition coefficient (Wildman–Crippen LogP) is 3.43. The van der Waals surface area contributed by atoms with Crippen molar-refractivity contribution in [1.82, 2.24) is 9.80 Å². The lowest BCUT2D eigenvalue weighted by Gasteiger charge is -2.45. The molecule has 5 heteroatoms. The Labute approximate surface area is 154 Å². The Kier molecular flexibility index (Phi) is 4.48. The Balaban J connectivity index is 1.57. The monoisotopic (exact) mass is 360 g/mol. The van der Waals surface area contributed by atoms with E-state index in [4.69, 9.17) is 11.6 Å². The molecule has 1 aromatic rings. The normalized spacial score (nSPS) is 24.9. The van der Waals surface area contributed by atoms with Gasteiger partial charge in [0, 0.05) is 24.0 Å². The molecule has 1 aromatic carbocycles. The molecule has 2 atom stereocenters. The standard InChI is InChI=1S/C20H25ClN2O2/c1-13(14-4-2-3-5-14)20(25)22-11-18-17-10-16(21)7-6-15(17)8-9-23(18)19(24)12-22/h6-7,10,13-14,18H,2-5,8-9,11-12H2,1H3. The molecule has 134 valence electrons. The van der Waals surface area contributed by atoms with Crippen LogP contribution < -0.4 is 0 Å². The van der Waals surface area contributed by atoms with Gasteiger partial charge in [0.2, 0.25) is 11.8 Å². The highest BCUT2D eigenvalue weighted by molar-refractivity contribution is 6.30. The fourth-order valence-electron chi connectivity index (χ4n) is 4.81. The Morgan fingerprint density at radius 1 is 1.28 bits per heavy atom. The van der Waals surface area contributed by atoms with Gasteiger partial charge in [0.15, 0.2) is 0 Å². The summed E-state index contributed by atoms with van der Waals surface area (Å²) in [5.74, 6) is 0.709. The minimum absolute atomic E-state index is 0.0178. The molecule has 0 radical (unpaired) electrons. The molecule has 4 nitrogen and oxygen atoms in total. The fraction of sp³-hybridized carbons (Fsp3) is 0.600. The van der Waals surface area contributed by atoms with Crippen LogP contribution in [-0.4, -0.2) is 41.2 Å². The van der Waals surface area contributed by atoms with Crippen molar-refractivity contribution in [1.29, 1.82) is 0 Å². The summed E-state index contributed by atoms with van der Waals surface area (Å²) in [6, 6.07) is 5.88. The minimum atomic E-state index is -0.0524. The molecule has 0 spiro atoms. The lowest BCUT2D eigenvalue weighted by molar-refractivity contribution is -0.152. The number of rotatable bonds is 2. The van der Waals surface area contributed by atoms with Gasteiger partial charge < -0.3 is 9.80 Å². The minimum Gasteiger partial charge on any atom is -0.332 e. The summed E-state index contributed by atoms with van der Waals surface area (Å²) in [6.07, 6.45) is 5.60. The van der Waals surface area contributed by atoms with Gasteiger partial charge >= 0.3 is 0 Å². The van der Waals surface area contributed by atoms with E-state index < -0.39 is 0 Å². The predicted molar refractivity (Wildman–Crippen MR) is 97.3 cm³/mol. The number of nitrogens with zero attached hydrogens (tertiary/aromatic N) is 2. The third-order valence-corrected chi connectivity index (χ3v) is 6.55. The quantitative estimate of drug-likeness (QED) is 0.810. The molecule has 2 aliphatic heterocycles. The van der Waals surface area contributed by atoms with Gasteiger partial charge in [0.05, 0.1) is 12.6 Å². The summed E-state index contributed by atoms with van der Waals surface area (Å²) in [4.78, 5) is 29.4. The molecule has 2 heterocycles. The van der Waals surface area contributed by atoms with Gasteiger partial charge in [-0.3, -0.25) is 9.59 Å². The SMILES string of the molecule is CC(C(=O)N1CC(=O)N2CCc3ccc(Cl)cc3C2C1)C1CCCC1. The van der Waals surface area contributed by atoms with E-state index in [-0.39, 0.29) is 30.3 Å². The van der Waals surface area contributed by atoms with Crippen molar-refractivity contribution in [2.24, 2.45) is 11.8 Å². The topological polar surface area (TPSA) is 40.6 Å². The van der Waals surface area contributed by atoms with Gasteiger partial charge in [-0.2, -0.15) is 0 Å². The Morgan fingerprint density at radius 2 is 2.04 bits per heavy atom. The molecule has 2 unspecified atom stereocenters. The van der Waals surface area contributed by atoms with Crippen molar-refractivity contribution in [3.8, 4) is 0 Å². The summed E-state index contributed by atoms with van der Waals surface area (Å²) >= 11 is 6.20. The van der Waals surface area contributed by atoms with Crippen molar-refractivity contribution in [2.75, 3.05) is 19.6 Å². The second kappa shape index (κ2) is 6.64. The number of carbonyl (C=O) groups excluding carboxylic acids is 2. The summed E-state index contributed by atoms with van der Waals surface area (Å²) in [6.45, 7) is 3.59. The van der Waals surface area contributed by atoms with Crippen LogP contribution in [0, 0.1) is 11.8 Å². The zero-order valence-electron chi connectivity index (χ0n) is 14.7. The Bertz CT molecular complexity index is 699. The molecule has 25 heavy (non-hydrogen) atoms. The lowest BCUT2D eigenvalue weighted by atomic mass is 9.88. The zero-order chi connectivity index (χ0) is 17.6. The maximum Gasteiger partial charge on any atom is 0.242 e. The van der Waals surface area contributed by atoms with E-state index in [0.29, 0.717) is 17.5 Å². The van der Waals surface area contributed by atoms with E-state index in [9.17, 15) is 9.59 Å². The Hall–Kier alpha value is -1.55. The third kappa shape index (κ3) is 3.05. The second-order valence-corrected chi connectivity index (χ2v) is 8.18. The number of hydrogen-bond acceptors (Lipinski definition) is 2. The first-order chi connectivity index (χ1) is 12.0. The number of fused-ring (bicyclic) bond motifs is 3. The first-order valence-corrected chi connectivity index (χ1v) is 9.79. The van der Waals surface area contributed by atoms with E-state index in [0.717, 1.165) is 31.4 Å². The molecular weight excluding hydrogens is 336 g/mol. The molecule has 3 aliphatic rings. The highest BCUT2D eigenvalue weighted by Crippen LogP contribution is 2.37. The highest BCUT2D eigenvalue weighted by Gasteiger charge is 2.40. The molecule has 1 saturated heterocycles. The smallest absolute Gasteiger partial charge is 0.242 e. The van der Waals surface area contributed by atoms with Crippen LogP contribution in [0.2, 0.25) is 5.02 Å². The van der Waals surface area contributed by atoms with Gasteiger partial charge in [-0.05, 0) is 48.4 Å². The van der Waals surface area contributed by atoms with Crippen molar-refractivity contribution < 1.29 is 9.59 Å². The fourth-order valence-corrected chi connectivity index (χ4v) is 4.99. The first-order valence-electron chi connectivity index (χ1n) is 9.41. The highest BCUT2D eigenvalue weighted by atomic mass is 35.5. The molecule has 2 fully saturated rings. The average molecular weight is 361 g/mol. The van der Waals surface area contributed by atoms with Gasteiger partial charge in [0.1, 0.15) is 0 Å². The van der Waals surface area contributed by atoms with Crippen LogP contribution in [0.3, 0.4) is 0 Å². The van der Waals surface area contributed by atoms with E-state index >= 15 is 0 Å². The number of halogens is 1. The van der Waals surface area contributed by atoms with Crippen molar-refractivity contribution in [3.05, 3.63) is 34.3 Å². The summed E-state index contributed by atoms with van der Waals surface area (Å²) in [5.41, 5.74) is 2.36. The number of carbonyl (C=O) groups is 2. The van der Waals surface area contributed by atoms with Crippen molar-refractivity contribution in [3.63, 3.8) is 0 Å². The molecule has 1 aliphatic carbocycles. The molecule has 1 saturated carbocycles. The molecule has 4 rings (SSSR count). The lowest BCUT2D eigenvalue weighted by Crippen LogP contribution is -2.56. The van der Waals surface area contributed by atoms with Crippen LogP contribution in [0.25, 0.3) is 0 Å². The maximum absolute atomic E-state index is 13.0. The molecule has 0 bridgehead atoms. The molecule has 0 N–H and O–H groups in total. The van der Waals surface area contributed by atoms with E-state index in [1.54, 1.807) is 4.90 Å². The van der Waals surface area contributed by atoms with Crippen molar-refractivity contribution in [2.45, 2.75) is 45.1 Å². The van der Waals surface area contributed by atoms with Crippen LogP contribution in [0.5, 0.6) is 0 Å². The first kappa shape index (κ1) is 16.9. The number of amides is 2. The van der Waals surface area contributed by atoms with Crippen LogP contribution in [-0.2, 0) is 16.0 Å². The molecular formula is C20H25ClN2O2. The van der Waals surface area contributed by atoms with E-state index in [1.807, 2.05) is 24.0 Å². The van der Waals surface area contributed by atoms with Crippen molar-refractivity contribution >= 4 is 23.4 Å². The van der Waals surface area contributed by atoms with Crippen LogP contribution >= 0.6 is 11.6 Å². The van der Waals surface area contributed by atoms with E-state index in [2.05, 4.69) is 6.07 Å². The maximum atomic E-state index is 13.0. The average Bonchev–Trinajstić information content (AvgIpc) is 3.14. The Morgan fingerprint density at radius 3 is 2.80 bits per heavy atom. The van der Waals surface area contributed by atoms with Gasteiger partial charge in [-0.15, -0.1) is 0 Å². The number of hydrogen-bond donors (Lipinski definition) is 0. The number of benzene rings is 1. The van der Waals surface area contributed by atoms with Gasteiger partial charge in [-0.25, -0.2) is 0 Å². The van der Waals surface area contributed by atoms with Crippen LogP contribution in [0.15, 0.2) is 18.2 Å². The van der Waals surface area contributed by atoms with Gasteiger partial charge in [-0.1, -0.05) is 37.4 Å². The van der Waals surface area contributed by atoms with Crippen LogP contribution in [0.1, 0.15) is 49.8 Å². The van der Waals surface area contributed by atoms with Crippen LogP contribution in [0.4, 0.5) is 0 Å². The number of piperazine rings is 1. The summed E-state index contributed by atoms with van der Waals surface area (Å²) in [5, 5.41) is 0.691. The third-order valence-electron chi connectivity index (χ3n) is 6.31. The molecule has 0 aromatic heterocycles. The summed E-state index contributed by atoms with van der Waals surface area (Å²) < 4.78 is 0. The molecule has 2 amide bonds. The van der Waals surface area contributed by atoms with Gasteiger partial charge in [0.25, 0.3) is 0 Å². The largest absolute Gasteiger partial charge is 0.332 e. The second-order valence-electron chi connectivity index (χ2n) is 7.75. The summed E-state index contributed by atoms with van der Waals surface area (Å²) in [7, 11) is 0.